The van der Waals surface area contributed by atoms with Crippen molar-refractivity contribution in [2.45, 2.75) is 17.9 Å². The summed E-state index contributed by atoms with van der Waals surface area (Å²) in [6.45, 7) is 0. The van der Waals surface area contributed by atoms with Crippen LogP contribution in [-0.2, 0) is 15.1 Å². The summed E-state index contributed by atoms with van der Waals surface area (Å²) in [6, 6.07) is 22.8. The molecule has 0 saturated carbocycles. The largest absolute Gasteiger partial charge is 0.497 e. The van der Waals surface area contributed by atoms with E-state index < -0.39 is 35.7 Å². The lowest BCUT2D eigenvalue weighted by molar-refractivity contribution is -0.147. The van der Waals surface area contributed by atoms with E-state index in [0.29, 0.717) is 11.3 Å². The SMILES string of the molecule is COc1ccc(C(CC(=O)O)C(NC(=O)c2ccccc2)(C(=O)O)c2ccccc2)cc1. The van der Waals surface area contributed by atoms with E-state index in [-0.39, 0.29) is 11.1 Å². The molecule has 2 atom stereocenters. The molecule has 7 nitrogen and oxygen atoms in total. The smallest absolute Gasteiger partial charge is 0.334 e. The maximum absolute atomic E-state index is 13.1. The number of carbonyl (C=O) groups excluding carboxylic acids is 1. The van der Waals surface area contributed by atoms with Crippen LogP contribution in [0.4, 0.5) is 0 Å². The first-order chi connectivity index (χ1) is 15.4. The topological polar surface area (TPSA) is 113 Å². The van der Waals surface area contributed by atoms with Gasteiger partial charge in [-0.3, -0.25) is 9.59 Å². The monoisotopic (exact) mass is 433 g/mol. The Balaban J connectivity index is 2.22. The third-order valence-electron chi connectivity index (χ3n) is 5.33. The molecule has 164 valence electrons. The Labute approximate surface area is 185 Å². The quantitative estimate of drug-likeness (QED) is 0.475. The van der Waals surface area contributed by atoms with Gasteiger partial charge >= 0.3 is 11.9 Å². The van der Waals surface area contributed by atoms with Crippen LogP contribution in [0.25, 0.3) is 0 Å². The Hall–Kier alpha value is -4.13. The number of hydrogen-bond acceptors (Lipinski definition) is 4. The number of carbonyl (C=O) groups is 3. The first-order valence-corrected chi connectivity index (χ1v) is 9.90. The summed E-state index contributed by atoms with van der Waals surface area (Å²) in [6.07, 6.45) is -0.525. The number of rotatable bonds is 9. The van der Waals surface area contributed by atoms with Crippen molar-refractivity contribution < 1.29 is 29.3 Å². The van der Waals surface area contributed by atoms with Gasteiger partial charge in [-0.2, -0.15) is 0 Å². The molecule has 0 radical (unpaired) electrons. The van der Waals surface area contributed by atoms with Gasteiger partial charge in [0.05, 0.1) is 13.5 Å². The fourth-order valence-electron chi connectivity index (χ4n) is 3.76. The highest BCUT2D eigenvalue weighted by Gasteiger charge is 2.50. The number of hydrogen-bond donors (Lipinski definition) is 3. The lowest BCUT2D eigenvalue weighted by Crippen LogP contribution is -2.56. The van der Waals surface area contributed by atoms with Crippen molar-refractivity contribution in [3.63, 3.8) is 0 Å². The summed E-state index contributed by atoms with van der Waals surface area (Å²) < 4.78 is 5.17. The minimum absolute atomic E-state index is 0.262. The van der Waals surface area contributed by atoms with Gasteiger partial charge in [0.1, 0.15) is 5.75 Å². The summed E-state index contributed by atoms with van der Waals surface area (Å²) in [7, 11) is 1.50. The predicted octanol–water partition coefficient (Wildman–Crippen LogP) is 3.66. The van der Waals surface area contributed by atoms with Crippen molar-refractivity contribution in [2.24, 2.45) is 0 Å². The van der Waals surface area contributed by atoms with Gasteiger partial charge < -0.3 is 20.3 Å². The number of nitrogens with one attached hydrogen (secondary N) is 1. The number of aliphatic carboxylic acids is 2. The third-order valence-corrected chi connectivity index (χ3v) is 5.33. The van der Waals surface area contributed by atoms with E-state index >= 15 is 0 Å². The van der Waals surface area contributed by atoms with E-state index in [1.807, 2.05) is 0 Å². The fourth-order valence-corrected chi connectivity index (χ4v) is 3.76. The summed E-state index contributed by atoms with van der Waals surface area (Å²) >= 11 is 0. The van der Waals surface area contributed by atoms with E-state index in [1.165, 1.54) is 7.11 Å². The van der Waals surface area contributed by atoms with Crippen molar-refractivity contribution in [1.29, 1.82) is 0 Å². The molecule has 3 N–H and O–H groups in total. The molecule has 0 aliphatic carbocycles. The number of carboxylic acid groups (broad SMARTS) is 2. The van der Waals surface area contributed by atoms with E-state index in [0.717, 1.165) is 0 Å². The third kappa shape index (κ3) is 4.62. The van der Waals surface area contributed by atoms with Crippen LogP contribution in [0.15, 0.2) is 84.9 Å². The Morgan fingerprint density at radius 2 is 1.44 bits per heavy atom. The molecule has 32 heavy (non-hydrogen) atoms. The zero-order chi connectivity index (χ0) is 23.1. The van der Waals surface area contributed by atoms with Gasteiger partial charge in [-0.25, -0.2) is 4.79 Å². The summed E-state index contributed by atoms with van der Waals surface area (Å²) in [5.41, 5.74) is -1.08. The first kappa shape index (κ1) is 22.6. The van der Waals surface area contributed by atoms with Crippen molar-refractivity contribution in [3.05, 3.63) is 102 Å². The summed E-state index contributed by atoms with van der Waals surface area (Å²) in [4.78, 5) is 37.8. The highest BCUT2D eigenvalue weighted by molar-refractivity contribution is 5.99. The highest BCUT2D eigenvalue weighted by atomic mass is 16.5. The molecule has 1 amide bonds. The molecule has 3 rings (SSSR count). The van der Waals surface area contributed by atoms with E-state index in [1.54, 1.807) is 84.9 Å². The zero-order valence-corrected chi connectivity index (χ0v) is 17.4. The predicted molar refractivity (Wildman–Crippen MR) is 118 cm³/mol. The molecule has 3 aromatic rings. The van der Waals surface area contributed by atoms with E-state index in [9.17, 15) is 24.6 Å². The van der Waals surface area contributed by atoms with Crippen LogP contribution in [0.3, 0.4) is 0 Å². The van der Waals surface area contributed by atoms with Crippen LogP contribution < -0.4 is 10.1 Å². The van der Waals surface area contributed by atoms with Gasteiger partial charge in [-0.1, -0.05) is 60.7 Å². The number of carboxylic acids is 2. The minimum atomic E-state index is -2.04. The van der Waals surface area contributed by atoms with E-state index in [2.05, 4.69) is 5.32 Å². The molecule has 0 bridgehead atoms. The molecule has 0 aromatic heterocycles. The molecule has 3 aromatic carbocycles. The molecule has 0 saturated heterocycles. The molecule has 0 aliphatic heterocycles. The Bertz CT molecular complexity index is 1080. The lowest BCUT2D eigenvalue weighted by Gasteiger charge is -2.38. The van der Waals surface area contributed by atoms with Gasteiger partial charge in [-0.15, -0.1) is 0 Å². The van der Waals surface area contributed by atoms with Crippen LogP contribution in [0.1, 0.15) is 33.8 Å². The summed E-state index contributed by atoms with van der Waals surface area (Å²) in [5.74, 6) is -3.76. The van der Waals surface area contributed by atoms with Gasteiger partial charge in [0.25, 0.3) is 5.91 Å². The van der Waals surface area contributed by atoms with Crippen LogP contribution >= 0.6 is 0 Å². The van der Waals surface area contributed by atoms with Gasteiger partial charge in [-0.05, 0) is 35.4 Å². The number of ether oxygens (including phenoxy) is 1. The Kier molecular flexibility index (Phi) is 6.90. The molecule has 7 heteroatoms. The molecule has 2 unspecified atom stereocenters. The van der Waals surface area contributed by atoms with Crippen LogP contribution in [0, 0.1) is 0 Å². The second-order valence-corrected chi connectivity index (χ2v) is 7.22. The Morgan fingerprint density at radius 1 is 0.875 bits per heavy atom. The van der Waals surface area contributed by atoms with Crippen LogP contribution in [0.2, 0.25) is 0 Å². The van der Waals surface area contributed by atoms with Crippen molar-refractivity contribution in [3.8, 4) is 5.75 Å². The maximum atomic E-state index is 13.1. The van der Waals surface area contributed by atoms with Crippen LogP contribution in [0.5, 0.6) is 5.75 Å². The number of amides is 1. The highest BCUT2D eigenvalue weighted by Crippen LogP contribution is 2.41. The standard InChI is InChI=1S/C25H23NO6/c1-32-20-14-12-17(13-15-20)21(16-22(27)28)25(24(30)31,19-10-6-3-7-11-19)26-23(29)18-8-4-2-5-9-18/h2-15,21H,16H2,1H3,(H,26,29)(H,27,28)(H,30,31). The lowest BCUT2D eigenvalue weighted by atomic mass is 9.72. The normalized spacial score (nSPS) is 13.4. The van der Waals surface area contributed by atoms with Crippen molar-refractivity contribution >= 4 is 17.8 Å². The molecule has 0 fully saturated rings. The fraction of sp³-hybridized carbons (Fsp3) is 0.160. The number of methoxy groups -OCH3 is 1. The maximum Gasteiger partial charge on any atom is 0.334 e. The average Bonchev–Trinajstić information content (AvgIpc) is 2.82. The van der Waals surface area contributed by atoms with Crippen molar-refractivity contribution in [1.82, 2.24) is 5.32 Å². The van der Waals surface area contributed by atoms with Gasteiger partial charge in [0.2, 0.25) is 0 Å². The summed E-state index contributed by atoms with van der Waals surface area (Å²) in [5, 5.41) is 22.8. The molecular weight excluding hydrogens is 410 g/mol. The van der Waals surface area contributed by atoms with E-state index in [4.69, 9.17) is 4.74 Å². The van der Waals surface area contributed by atoms with Gasteiger partial charge in [0, 0.05) is 11.5 Å². The zero-order valence-electron chi connectivity index (χ0n) is 17.4. The second-order valence-electron chi connectivity index (χ2n) is 7.22. The van der Waals surface area contributed by atoms with Crippen LogP contribution in [-0.4, -0.2) is 35.2 Å². The Morgan fingerprint density at radius 3 is 1.94 bits per heavy atom. The average molecular weight is 433 g/mol. The molecule has 0 heterocycles. The second kappa shape index (κ2) is 9.78. The molecular formula is C25H23NO6. The van der Waals surface area contributed by atoms with Crippen molar-refractivity contribution in [2.75, 3.05) is 7.11 Å². The minimum Gasteiger partial charge on any atom is -0.497 e. The molecule has 0 aliphatic rings. The van der Waals surface area contributed by atoms with Gasteiger partial charge in [0.15, 0.2) is 5.54 Å². The molecule has 0 spiro atoms. The number of benzene rings is 3. The first-order valence-electron chi connectivity index (χ1n) is 9.90.